The molecule has 1 N–H and O–H groups in total. The Labute approximate surface area is 145 Å². The van der Waals surface area contributed by atoms with Crippen molar-refractivity contribution >= 4 is 11.6 Å². The molecule has 4 aliphatic rings. The smallest absolute Gasteiger partial charge is 0.135 e. The highest BCUT2D eigenvalue weighted by molar-refractivity contribution is 5.81. The number of Topliss-reactive ketones (excluding diaryl/α,β-unsaturated/α-hetero) is 2. The zero-order valence-electron chi connectivity index (χ0n) is 15.4. The van der Waals surface area contributed by atoms with Crippen LogP contribution in [0.25, 0.3) is 0 Å². The molecule has 0 aromatic rings. The first kappa shape index (κ1) is 16.8. The molecule has 0 spiro atoms. The van der Waals surface area contributed by atoms with Crippen molar-refractivity contribution in [1.82, 2.24) is 0 Å². The fourth-order valence-corrected chi connectivity index (χ4v) is 7.71. The maximum absolute atomic E-state index is 12.2. The van der Waals surface area contributed by atoms with Crippen LogP contribution in [-0.4, -0.2) is 22.3 Å². The standard InChI is InChI=1S/C21H32O3/c1-13(22)16-4-5-17-15-7-11-21(24)12-14(23)6-10-20(21,3)18(15)8-9-19(16,17)2/h15-18,24H,4-12H2,1-3H3. The Morgan fingerprint density at radius 1 is 1.04 bits per heavy atom. The van der Waals surface area contributed by atoms with Crippen molar-refractivity contribution in [3.8, 4) is 0 Å². The van der Waals surface area contributed by atoms with Crippen LogP contribution in [0.3, 0.4) is 0 Å². The minimum atomic E-state index is -0.782. The van der Waals surface area contributed by atoms with Crippen LogP contribution in [0.2, 0.25) is 0 Å². The molecule has 4 fully saturated rings. The Kier molecular flexibility index (Phi) is 3.60. The van der Waals surface area contributed by atoms with Crippen LogP contribution in [0.15, 0.2) is 0 Å². The average Bonchev–Trinajstić information content (AvgIpc) is 2.86. The zero-order chi connectivity index (χ0) is 17.3. The van der Waals surface area contributed by atoms with E-state index in [0.29, 0.717) is 36.4 Å². The molecule has 0 aliphatic heterocycles. The van der Waals surface area contributed by atoms with Gasteiger partial charge in [0.05, 0.1) is 5.60 Å². The van der Waals surface area contributed by atoms with Gasteiger partial charge in [-0.05, 0) is 75.0 Å². The summed E-state index contributed by atoms with van der Waals surface area (Å²) in [6, 6.07) is 0. The molecule has 4 aliphatic carbocycles. The molecular weight excluding hydrogens is 300 g/mol. The molecule has 4 saturated carbocycles. The molecule has 134 valence electrons. The molecular formula is C21H32O3. The summed E-state index contributed by atoms with van der Waals surface area (Å²) in [7, 11) is 0. The summed E-state index contributed by atoms with van der Waals surface area (Å²) in [5, 5.41) is 11.3. The lowest BCUT2D eigenvalue weighted by molar-refractivity contribution is -0.203. The predicted octanol–water partition coefficient (Wildman–Crippen LogP) is 3.92. The van der Waals surface area contributed by atoms with E-state index in [9.17, 15) is 14.7 Å². The number of hydrogen-bond donors (Lipinski definition) is 1. The van der Waals surface area contributed by atoms with E-state index in [2.05, 4.69) is 13.8 Å². The van der Waals surface area contributed by atoms with Gasteiger partial charge >= 0.3 is 0 Å². The molecule has 0 saturated heterocycles. The Morgan fingerprint density at radius 3 is 2.50 bits per heavy atom. The van der Waals surface area contributed by atoms with Crippen molar-refractivity contribution < 1.29 is 14.7 Å². The summed E-state index contributed by atoms with van der Waals surface area (Å²) in [5.74, 6) is 2.64. The molecule has 7 unspecified atom stereocenters. The van der Waals surface area contributed by atoms with E-state index < -0.39 is 5.60 Å². The third kappa shape index (κ3) is 2.00. The number of hydrogen-bond acceptors (Lipinski definition) is 3. The van der Waals surface area contributed by atoms with Crippen LogP contribution in [0.1, 0.15) is 78.6 Å². The summed E-state index contributed by atoms with van der Waals surface area (Å²) >= 11 is 0. The van der Waals surface area contributed by atoms with Gasteiger partial charge in [0, 0.05) is 24.2 Å². The lowest BCUT2D eigenvalue weighted by Gasteiger charge is -2.63. The van der Waals surface area contributed by atoms with Crippen molar-refractivity contribution in [2.24, 2.45) is 34.5 Å². The first-order valence-electron chi connectivity index (χ1n) is 9.96. The fourth-order valence-electron chi connectivity index (χ4n) is 7.71. The van der Waals surface area contributed by atoms with E-state index in [1.54, 1.807) is 6.92 Å². The monoisotopic (exact) mass is 332 g/mol. The number of fused-ring (bicyclic) bond motifs is 5. The lowest BCUT2D eigenvalue weighted by Crippen LogP contribution is -2.62. The van der Waals surface area contributed by atoms with E-state index in [0.717, 1.165) is 38.5 Å². The van der Waals surface area contributed by atoms with Gasteiger partial charge in [0.25, 0.3) is 0 Å². The van der Waals surface area contributed by atoms with Crippen LogP contribution in [0, 0.1) is 34.5 Å². The number of ketones is 2. The highest BCUT2D eigenvalue weighted by Gasteiger charge is 2.64. The molecule has 0 amide bonds. The highest BCUT2D eigenvalue weighted by Crippen LogP contribution is 2.68. The molecule has 0 bridgehead atoms. The largest absolute Gasteiger partial charge is 0.389 e. The Bertz CT molecular complexity index is 584. The van der Waals surface area contributed by atoms with Crippen molar-refractivity contribution in [2.45, 2.75) is 84.2 Å². The molecule has 24 heavy (non-hydrogen) atoms. The summed E-state index contributed by atoms with van der Waals surface area (Å²) < 4.78 is 0. The van der Waals surface area contributed by atoms with Gasteiger partial charge in [-0.25, -0.2) is 0 Å². The lowest BCUT2D eigenvalue weighted by atomic mass is 9.43. The average molecular weight is 332 g/mol. The number of rotatable bonds is 1. The van der Waals surface area contributed by atoms with Gasteiger partial charge in [0.2, 0.25) is 0 Å². The number of carbonyl (C=O) groups is 2. The first-order chi connectivity index (χ1) is 11.2. The summed E-state index contributed by atoms with van der Waals surface area (Å²) in [6.07, 6.45) is 8.13. The van der Waals surface area contributed by atoms with E-state index >= 15 is 0 Å². The van der Waals surface area contributed by atoms with Gasteiger partial charge in [0.1, 0.15) is 11.6 Å². The molecule has 0 radical (unpaired) electrons. The maximum Gasteiger partial charge on any atom is 0.135 e. The minimum absolute atomic E-state index is 0.112. The SMILES string of the molecule is CC(=O)C1CCC2C3CCC4(O)CC(=O)CCC4(C)C3CCC12C. The molecule has 3 nitrogen and oxygen atoms in total. The van der Waals surface area contributed by atoms with Gasteiger partial charge < -0.3 is 5.11 Å². The van der Waals surface area contributed by atoms with Crippen molar-refractivity contribution in [1.29, 1.82) is 0 Å². The van der Waals surface area contributed by atoms with Crippen LogP contribution in [0.4, 0.5) is 0 Å². The fraction of sp³-hybridized carbons (Fsp3) is 0.905. The molecule has 3 heteroatoms. The van der Waals surface area contributed by atoms with E-state index in [1.807, 2.05) is 0 Å². The van der Waals surface area contributed by atoms with Gasteiger partial charge in [-0.15, -0.1) is 0 Å². The first-order valence-corrected chi connectivity index (χ1v) is 9.96. The van der Waals surface area contributed by atoms with Crippen LogP contribution in [-0.2, 0) is 9.59 Å². The second-order valence-electron chi connectivity index (χ2n) is 9.87. The second kappa shape index (κ2) is 5.16. The molecule has 0 aromatic carbocycles. The summed E-state index contributed by atoms with van der Waals surface area (Å²) in [5.41, 5.74) is -0.724. The van der Waals surface area contributed by atoms with E-state index in [1.165, 1.54) is 6.42 Å². The molecule has 4 rings (SSSR count). The van der Waals surface area contributed by atoms with Gasteiger partial charge in [-0.1, -0.05) is 13.8 Å². The molecule has 0 heterocycles. The normalized spacial score (nSPS) is 53.9. The van der Waals surface area contributed by atoms with Crippen LogP contribution >= 0.6 is 0 Å². The minimum Gasteiger partial charge on any atom is -0.389 e. The van der Waals surface area contributed by atoms with Crippen LogP contribution < -0.4 is 0 Å². The second-order valence-corrected chi connectivity index (χ2v) is 9.87. The van der Waals surface area contributed by atoms with Crippen molar-refractivity contribution in [2.75, 3.05) is 0 Å². The highest BCUT2D eigenvalue weighted by atomic mass is 16.3. The van der Waals surface area contributed by atoms with Crippen molar-refractivity contribution in [3.05, 3.63) is 0 Å². The third-order valence-corrected chi connectivity index (χ3v) is 9.11. The Hall–Kier alpha value is -0.700. The number of carbonyl (C=O) groups excluding carboxylic acids is 2. The molecule has 7 atom stereocenters. The Morgan fingerprint density at radius 2 is 1.79 bits per heavy atom. The zero-order valence-corrected chi connectivity index (χ0v) is 15.4. The van der Waals surface area contributed by atoms with E-state index in [4.69, 9.17) is 0 Å². The van der Waals surface area contributed by atoms with Crippen molar-refractivity contribution in [3.63, 3.8) is 0 Å². The van der Waals surface area contributed by atoms with Gasteiger partial charge in [-0.3, -0.25) is 9.59 Å². The van der Waals surface area contributed by atoms with Gasteiger partial charge in [-0.2, -0.15) is 0 Å². The quantitative estimate of drug-likeness (QED) is 0.792. The predicted molar refractivity (Wildman–Crippen MR) is 92.4 cm³/mol. The van der Waals surface area contributed by atoms with Gasteiger partial charge in [0.15, 0.2) is 0 Å². The van der Waals surface area contributed by atoms with Crippen LogP contribution in [0.5, 0.6) is 0 Å². The maximum atomic E-state index is 12.2. The topological polar surface area (TPSA) is 54.4 Å². The third-order valence-electron chi connectivity index (χ3n) is 9.11. The Balaban J connectivity index is 1.66. The summed E-state index contributed by atoms with van der Waals surface area (Å²) in [4.78, 5) is 24.1. The molecule has 0 aromatic heterocycles. The van der Waals surface area contributed by atoms with E-state index in [-0.39, 0.29) is 22.5 Å². The summed E-state index contributed by atoms with van der Waals surface area (Å²) in [6.45, 7) is 6.40. The number of aliphatic hydroxyl groups is 1.